The van der Waals surface area contributed by atoms with Gasteiger partial charge in [-0.05, 0) is 55.0 Å². The average Bonchev–Trinajstić information content (AvgIpc) is 3.19. The predicted octanol–water partition coefficient (Wildman–Crippen LogP) is 3.18. The molecule has 1 fully saturated rings. The molecule has 124 valence electrons. The van der Waals surface area contributed by atoms with Gasteiger partial charge in [0.25, 0.3) is 0 Å². The Morgan fingerprint density at radius 2 is 2.04 bits per heavy atom. The second-order valence-electron chi connectivity index (χ2n) is 6.37. The molecule has 0 spiro atoms. The van der Waals surface area contributed by atoms with Crippen molar-refractivity contribution in [1.29, 1.82) is 0 Å². The summed E-state index contributed by atoms with van der Waals surface area (Å²) in [7, 11) is -3.31. The molecule has 0 saturated heterocycles. The van der Waals surface area contributed by atoms with E-state index in [1.807, 2.05) is 19.1 Å². The summed E-state index contributed by atoms with van der Waals surface area (Å²) in [6.45, 7) is 1.88. The summed E-state index contributed by atoms with van der Waals surface area (Å²) in [4.78, 5) is 12.1. The fraction of sp³-hybridized carbons (Fsp3) is 0.294. The average molecular weight is 342 g/mol. The van der Waals surface area contributed by atoms with Crippen LogP contribution in [0.2, 0.25) is 0 Å². The number of fused-ring (bicyclic) bond motifs is 1. The minimum atomic E-state index is -3.31. The first-order valence-electron chi connectivity index (χ1n) is 7.83. The Kier molecular flexibility index (Phi) is 3.35. The van der Waals surface area contributed by atoms with Crippen LogP contribution >= 0.6 is 0 Å². The van der Waals surface area contributed by atoms with E-state index in [0.29, 0.717) is 11.6 Å². The van der Waals surface area contributed by atoms with Crippen molar-refractivity contribution in [2.45, 2.75) is 25.7 Å². The Balaban J connectivity index is 1.93. The van der Waals surface area contributed by atoms with E-state index in [0.717, 1.165) is 47.1 Å². The van der Waals surface area contributed by atoms with E-state index >= 15 is 0 Å². The molecule has 7 heteroatoms. The number of nitrogens with zero attached hydrogens (tertiary/aromatic N) is 2. The van der Waals surface area contributed by atoms with E-state index in [2.05, 4.69) is 20.8 Å². The second-order valence-corrected chi connectivity index (χ2v) is 8.12. The van der Waals surface area contributed by atoms with Crippen LogP contribution in [-0.2, 0) is 10.0 Å². The summed E-state index contributed by atoms with van der Waals surface area (Å²) in [5.41, 5.74) is 4.35. The first-order chi connectivity index (χ1) is 11.4. The molecule has 0 bridgehead atoms. The van der Waals surface area contributed by atoms with Crippen LogP contribution in [0.15, 0.2) is 30.6 Å². The third kappa shape index (κ3) is 2.87. The molecular weight excluding hydrogens is 324 g/mol. The molecule has 6 nitrogen and oxygen atoms in total. The number of imidazole rings is 1. The number of hydrogen-bond acceptors (Lipinski definition) is 4. The largest absolute Gasteiger partial charge is 0.343 e. The van der Waals surface area contributed by atoms with Gasteiger partial charge in [-0.2, -0.15) is 0 Å². The van der Waals surface area contributed by atoms with Crippen LogP contribution in [-0.4, -0.2) is 29.6 Å². The van der Waals surface area contributed by atoms with Gasteiger partial charge in [0.1, 0.15) is 5.69 Å². The molecule has 0 amide bonds. The van der Waals surface area contributed by atoms with Crippen molar-refractivity contribution in [1.82, 2.24) is 15.0 Å². The molecule has 2 heterocycles. The van der Waals surface area contributed by atoms with E-state index in [1.54, 1.807) is 12.4 Å². The summed E-state index contributed by atoms with van der Waals surface area (Å²) >= 11 is 0. The molecule has 0 atom stereocenters. The van der Waals surface area contributed by atoms with Gasteiger partial charge in [0, 0.05) is 17.8 Å². The van der Waals surface area contributed by atoms with Crippen LogP contribution in [0.5, 0.6) is 0 Å². The topological polar surface area (TPSA) is 87.7 Å². The zero-order valence-electron chi connectivity index (χ0n) is 13.5. The maximum absolute atomic E-state index is 11.6. The number of hydrogen-bond donors (Lipinski definition) is 2. The Labute approximate surface area is 140 Å². The fourth-order valence-corrected chi connectivity index (χ4v) is 3.59. The molecule has 1 saturated carbocycles. The first kappa shape index (κ1) is 15.1. The predicted molar refractivity (Wildman–Crippen MR) is 94.5 cm³/mol. The quantitative estimate of drug-likeness (QED) is 0.762. The van der Waals surface area contributed by atoms with Crippen molar-refractivity contribution in [3.63, 3.8) is 0 Å². The van der Waals surface area contributed by atoms with Crippen molar-refractivity contribution in [2.75, 3.05) is 11.0 Å². The van der Waals surface area contributed by atoms with Gasteiger partial charge in [0.2, 0.25) is 10.0 Å². The highest BCUT2D eigenvalue weighted by Crippen LogP contribution is 2.44. The van der Waals surface area contributed by atoms with Crippen LogP contribution in [0.25, 0.3) is 22.4 Å². The first-order valence-corrected chi connectivity index (χ1v) is 9.73. The molecule has 3 aromatic rings. The zero-order chi connectivity index (χ0) is 16.9. The summed E-state index contributed by atoms with van der Waals surface area (Å²) in [5.74, 6) is 1.26. The number of pyridine rings is 1. The van der Waals surface area contributed by atoms with Crippen LogP contribution in [0.4, 0.5) is 5.69 Å². The molecule has 4 rings (SSSR count). The van der Waals surface area contributed by atoms with Crippen molar-refractivity contribution in [2.24, 2.45) is 0 Å². The highest BCUT2D eigenvalue weighted by Gasteiger charge is 2.27. The van der Waals surface area contributed by atoms with Gasteiger partial charge in [-0.1, -0.05) is 0 Å². The lowest BCUT2D eigenvalue weighted by molar-refractivity contribution is 0.607. The SMILES string of the molecule is Cc1cc2nc(-c3ncc[nH]3)cc(C3CC3)c2cc1NS(C)(=O)=O. The van der Waals surface area contributed by atoms with Gasteiger partial charge in [0.05, 0.1) is 17.5 Å². The van der Waals surface area contributed by atoms with E-state index in [9.17, 15) is 8.42 Å². The smallest absolute Gasteiger partial charge is 0.229 e. The third-order valence-corrected chi connectivity index (χ3v) is 4.83. The molecule has 1 aliphatic rings. The summed E-state index contributed by atoms with van der Waals surface area (Å²) in [6.07, 6.45) is 6.96. The lowest BCUT2D eigenvalue weighted by Crippen LogP contribution is -2.10. The number of nitrogens with one attached hydrogen (secondary N) is 2. The van der Waals surface area contributed by atoms with Crippen LogP contribution in [0.3, 0.4) is 0 Å². The fourth-order valence-electron chi connectivity index (χ4n) is 2.97. The van der Waals surface area contributed by atoms with Gasteiger partial charge < -0.3 is 4.98 Å². The van der Waals surface area contributed by atoms with E-state index in [1.165, 1.54) is 5.56 Å². The Bertz CT molecular complexity index is 1020. The van der Waals surface area contributed by atoms with E-state index in [-0.39, 0.29) is 0 Å². The summed E-state index contributed by atoms with van der Waals surface area (Å²) < 4.78 is 25.8. The molecule has 2 N–H and O–H groups in total. The Morgan fingerprint density at radius 3 is 2.67 bits per heavy atom. The maximum atomic E-state index is 11.6. The molecule has 24 heavy (non-hydrogen) atoms. The van der Waals surface area contributed by atoms with Crippen LogP contribution < -0.4 is 4.72 Å². The molecule has 2 aromatic heterocycles. The molecular formula is C17H18N4O2S. The summed E-state index contributed by atoms with van der Waals surface area (Å²) in [5, 5.41) is 1.00. The highest BCUT2D eigenvalue weighted by atomic mass is 32.2. The minimum Gasteiger partial charge on any atom is -0.343 e. The standard InChI is InChI=1S/C17H18N4O2S/c1-10-7-15-13(9-14(10)21-24(2,22)23)12(11-3-4-11)8-16(20-15)17-18-5-6-19-17/h5-9,11,21H,3-4H2,1-2H3,(H,18,19). The lowest BCUT2D eigenvalue weighted by atomic mass is 10.0. The van der Waals surface area contributed by atoms with Crippen LogP contribution in [0.1, 0.15) is 29.9 Å². The van der Waals surface area contributed by atoms with Crippen molar-refractivity contribution in [3.8, 4) is 11.5 Å². The Hall–Kier alpha value is -2.41. The molecule has 0 aliphatic heterocycles. The van der Waals surface area contributed by atoms with Gasteiger partial charge in [-0.25, -0.2) is 18.4 Å². The molecule has 1 aliphatic carbocycles. The second kappa shape index (κ2) is 5.31. The number of anilines is 1. The zero-order valence-corrected chi connectivity index (χ0v) is 14.3. The lowest BCUT2D eigenvalue weighted by Gasteiger charge is -2.13. The highest BCUT2D eigenvalue weighted by molar-refractivity contribution is 7.92. The third-order valence-electron chi connectivity index (χ3n) is 4.24. The Morgan fingerprint density at radius 1 is 1.25 bits per heavy atom. The molecule has 1 aromatic carbocycles. The molecule has 0 unspecified atom stereocenters. The van der Waals surface area contributed by atoms with Gasteiger partial charge in [0.15, 0.2) is 5.82 Å². The van der Waals surface area contributed by atoms with Crippen molar-refractivity contribution < 1.29 is 8.42 Å². The van der Waals surface area contributed by atoms with Gasteiger partial charge in [-0.3, -0.25) is 4.72 Å². The number of aryl methyl sites for hydroxylation is 1. The van der Waals surface area contributed by atoms with E-state index in [4.69, 9.17) is 4.98 Å². The monoisotopic (exact) mass is 342 g/mol. The number of aromatic amines is 1. The van der Waals surface area contributed by atoms with E-state index < -0.39 is 10.0 Å². The number of aromatic nitrogens is 3. The number of rotatable bonds is 4. The normalized spacial score (nSPS) is 14.9. The molecule has 0 radical (unpaired) electrons. The number of H-pyrrole nitrogens is 1. The maximum Gasteiger partial charge on any atom is 0.229 e. The summed E-state index contributed by atoms with van der Waals surface area (Å²) in [6, 6.07) is 5.90. The number of sulfonamides is 1. The van der Waals surface area contributed by atoms with Crippen molar-refractivity contribution in [3.05, 3.63) is 41.7 Å². The van der Waals surface area contributed by atoms with Crippen LogP contribution in [0, 0.1) is 6.92 Å². The van der Waals surface area contributed by atoms with Gasteiger partial charge in [-0.15, -0.1) is 0 Å². The minimum absolute atomic E-state index is 0.512. The number of benzene rings is 1. The van der Waals surface area contributed by atoms with Gasteiger partial charge >= 0.3 is 0 Å². The van der Waals surface area contributed by atoms with Crippen molar-refractivity contribution >= 4 is 26.6 Å².